The summed E-state index contributed by atoms with van der Waals surface area (Å²) in [5.74, 6) is -0.462. The van der Waals surface area contributed by atoms with Gasteiger partial charge in [0.05, 0.1) is 21.7 Å². The summed E-state index contributed by atoms with van der Waals surface area (Å²) in [6.07, 6.45) is -3.95. The van der Waals surface area contributed by atoms with Crippen molar-refractivity contribution in [1.82, 2.24) is 9.55 Å². The minimum absolute atomic E-state index is 0.00420. The number of hydrogen-bond donors (Lipinski definition) is 3. The number of ether oxygens (including phenoxy) is 1. The van der Waals surface area contributed by atoms with E-state index in [4.69, 9.17) is 27.9 Å². The fraction of sp³-hybridized carbons (Fsp3) is 0.533. The minimum atomic E-state index is -1.24. The van der Waals surface area contributed by atoms with Crippen LogP contribution in [0.15, 0.2) is 6.07 Å². The van der Waals surface area contributed by atoms with Crippen LogP contribution in [0.2, 0.25) is 10.0 Å². The van der Waals surface area contributed by atoms with Crippen molar-refractivity contribution in [1.29, 1.82) is 0 Å². The summed E-state index contributed by atoms with van der Waals surface area (Å²) in [6.45, 7) is 5.41. The second kappa shape index (κ2) is 6.31. The molecule has 0 bridgehead atoms. The number of fused-ring (bicyclic) bond motifs is 1. The summed E-state index contributed by atoms with van der Waals surface area (Å²) in [5.41, 5.74) is 0.327. The second-order valence-corrected chi connectivity index (χ2v) is 6.96. The van der Waals surface area contributed by atoms with Crippen molar-refractivity contribution in [3.8, 4) is 0 Å². The van der Waals surface area contributed by atoms with Gasteiger partial charge in [-0.15, -0.1) is 0 Å². The Kier molecular flexibility index (Phi) is 4.65. The van der Waals surface area contributed by atoms with Crippen LogP contribution in [0.4, 0.5) is 10.3 Å². The van der Waals surface area contributed by atoms with E-state index in [2.05, 4.69) is 10.3 Å². The zero-order valence-electron chi connectivity index (χ0n) is 13.3. The number of anilines is 1. The Labute approximate surface area is 148 Å². The van der Waals surface area contributed by atoms with Crippen LogP contribution in [-0.4, -0.2) is 44.1 Å². The summed E-state index contributed by atoms with van der Waals surface area (Å²) >= 11 is 11.9. The van der Waals surface area contributed by atoms with E-state index >= 15 is 0 Å². The third kappa shape index (κ3) is 2.74. The Bertz CT molecular complexity index is 783. The van der Waals surface area contributed by atoms with Gasteiger partial charge in [0.25, 0.3) is 0 Å². The number of rotatable bonds is 3. The number of aliphatic hydroxyl groups is 2. The largest absolute Gasteiger partial charge is 0.388 e. The van der Waals surface area contributed by atoms with Crippen LogP contribution in [0.3, 0.4) is 0 Å². The molecule has 3 N–H and O–H groups in total. The van der Waals surface area contributed by atoms with Crippen LogP contribution in [0.1, 0.15) is 27.0 Å². The average Bonchev–Trinajstić information content (AvgIpc) is 2.96. The molecule has 1 aliphatic rings. The Hall–Kier alpha value is -1.12. The summed E-state index contributed by atoms with van der Waals surface area (Å²) in [7, 11) is 0. The first-order chi connectivity index (χ1) is 11.2. The summed E-state index contributed by atoms with van der Waals surface area (Å²) in [6, 6.07) is 1.45. The van der Waals surface area contributed by atoms with Gasteiger partial charge in [0.1, 0.15) is 17.7 Å². The molecule has 0 unspecified atom stereocenters. The quantitative estimate of drug-likeness (QED) is 0.716. The predicted octanol–water partition coefficient (Wildman–Crippen LogP) is 2.94. The van der Waals surface area contributed by atoms with Gasteiger partial charge >= 0.3 is 0 Å². The van der Waals surface area contributed by atoms with E-state index < -0.39 is 30.4 Å². The minimum Gasteiger partial charge on any atom is -0.388 e. The van der Waals surface area contributed by atoms with Crippen LogP contribution >= 0.6 is 23.2 Å². The lowest BCUT2D eigenvalue weighted by molar-refractivity contribution is -0.0286. The lowest BCUT2D eigenvalue weighted by atomic mass is 10.1. The van der Waals surface area contributed by atoms with Crippen molar-refractivity contribution in [2.24, 2.45) is 0 Å². The molecule has 3 rings (SSSR count). The zero-order chi connectivity index (χ0) is 17.8. The Morgan fingerprint density at radius 3 is 2.54 bits per heavy atom. The predicted molar refractivity (Wildman–Crippen MR) is 90.1 cm³/mol. The Balaban J connectivity index is 2.25. The molecular formula is C15H18Cl2FN3O3. The van der Waals surface area contributed by atoms with E-state index in [1.54, 1.807) is 6.92 Å². The molecule has 1 aromatic heterocycles. The fourth-order valence-electron chi connectivity index (χ4n) is 2.81. The van der Waals surface area contributed by atoms with E-state index in [-0.39, 0.29) is 27.1 Å². The van der Waals surface area contributed by atoms with Gasteiger partial charge in [0, 0.05) is 6.04 Å². The van der Waals surface area contributed by atoms with Gasteiger partial charge in [-0.05, 0) is 26.8 Å². The SMILES string of the molecule is CC(C)Nc1nc2cc(Cl)c(Cl)c(F)c2n1[C@@H]1O[C@H](C)[C@@H](O)[C@H]1O. The van der Waals surface area contributed by atoms with Crippen LogP contribution in [0.5, 0.6) is 0 Å². The highest BCUT2D eigenvalue weighted by Crippen LogP contribution is 2.39. The highest BCUT2D eigenvalue weighted by atomic mass is 35.5. The van der Waals surface area contributed by atoms with E-state index in [9.17, 15) is 14.6 Å². The van der Waals surface area contributed by atoms with Crippen molar-refractivity contribution in [3.63, 3.8) is 0 Å². The second-order valence-electron chi connectivity index (χ2n) is 6.17. The molecule has 0 saturated carbocycles. The monoisotopic (exact) mass is 377 g/mol. The van der Waals surface area contributed by atoms with Gasteiger partial charge in [-0.3, -0.25) is 4.57 Å². The molecule has 1 fully saturated rings. The van der Waals surface area contributed by atoms with Gasteiger partial charge in [0.2, 0.25) is 5.95 Å². The number of aromatic nitrogens is 2. The number of halogens is 3. The first-order valence-corrected chi connectivity index (χ1v) is 8.31. The molecule has 0 spiro atoms. The van der Waals surface area contributed by atoms with Gasteiger partial charge in [-0.2, -0.15) is 0 Å². The van der Waals surface area contributed by atoms with Gasteiger partial charge < -0.3 is 20.3 Å². The van der Waals surface area contributed by atoms with Crippen LogP contribution in [-0.2, 0) is 4.74 Å². The molecule has 2 heterocycles. The standard InChI is InChI=1S/C15H18Cl2FN3O3/c1-5(2)19-15-20-8-4-7(16)9(17)10(18)11(8)21(15)14-13(23)12(22)6(3)24-14/h4-6,12-14,22-23H,1-3H3,(H,19,20)/t6-,12-,13-,14-/m1/s1. The first kappa shape index (κ1) is 17.7. The van der Waals surface area contributed by atoms with Crippen LogP contribution < -0.4 is 5.32 Å². The van der Waals surface area contributed by atoms with E-state index in [1.807, 2.05) is 13.8 Å². The number of nitrogens with one attached hydrogen (secondary N) is 1. The van der Waals surface area contributed by atoms with Gasteiger partial charge in [-0.25, -0.2) is 9.37 Å². The molecule has 0 aliphatic carbocycles. The molecule has 24 heavy (non-hydrogen) atoms. The first-order valence-electron chi connectivity index (χ1n) is 7.56. The fourth-order valence-corrected chi connectivity index (χ4v) is 3.14. The summed E-state index contributed by atoms with van der Waals surface area (Å²) < 4.78 is 21.7. The molecule has 1 aromatic carbocycles. The zero-order valence-corrected chi connectivity index (χ0v) is 14.8. The van der Waals surface area contributed by atoms with Gasteiger partial charge in [-0.1, -0.05) is 23.2 Å². The third-order valence-electron chi connectivity index (χ3n) is 3.96. The van der Waals surface area contributed by atoms with E-state index in [0.717, 1.165) is 0 Å². The number of imidazole rings is 1. The molecule has 6 nitrogen and oxygen atoms in total. The molecule has 1 saturated heterocycles. The summed E-state index contributed by atoms with van der Waals surface area (Å²) in [5, 5.41) is 23.2. The molecule has 9 heteroatoms. The number of hydrogen-bond acceptors (Lipinski definition) is 5. The third-order valence-corrected chi connectivity index (χ3v) is 4.73. The number of aliphatic hydroxyl groups excluding tert-OH is 2. The average molecular weight is 378 g/mol. The van der Waals surface area contributed by atoms with Crippen molar-refractivity contribution >= 4 is 40.2 Å². The maximum atomic E-state index is 14.7. The molecular weight excluding hydrogens is 360 g/mol. The lowest BCUT2D eigenvalue weighted by Crippen LogP contribution is -2.31. The van der Waals surface area contributed by atoms with Crippen molar-refractivity contribution < 1.29 is 19.3 Å². The Morgan fingerprint density at radius 1 is 1.33 bits per heavy atom. The molecule has 1 aliphatic heterocycles. The maximum Gasteiger partial charge on any atom is 0.206 e. The smallest absolute Gasteiger partial charge is 0.206 e. The normalized spacial score (nSPS) is 27.4. The number of nitrogens with zero attached hydrogens (tertiary/aromatic N) is 2. The lowest BCUT2D eigenvalue weighted by Gasteiger charge is -2.21. The topological polar surface area (TPSA) is 79.5 Å². The van der Waals surface area contributed by atoms with E-state index in [0.29, 0.717) is 5.95 Å². The maximum absolute atomic E-state index is 14.7. The van der Waals surface area contributed by atoms with Crippen LogP contribution in [0, 0.1) is 5.82 Å². The van der Waals surface area contributed by atoms with Gasteiger partial charge in [0.15, 0.2) is 12.0 Å². The molecule has 0 amide bonds. The Morgan fingerprint density at radius 2 is 2.00 bits per heavy atom. The molecule has 132 valence electrons. The van der Waals surface area contributed by atoms with Crippen molar-refractivity contribution in [2.45, 2.75) is 51.4 Å². The molecule has 2 aromatic rings. The highest BCUT2D eigenvalue weighted by Gasteiger charge is 2.43. The van der Waals surface area contributed by atoms with Crippen LogP contribution in [0.25, 0.3) is 11.0 Å². The van der Waals surface area contributed by atoms with E-state index in [1.165, 1.54) is 10.6 Å². The molecule has 4 atom stereocenters. The van der Waals surface area contributed by atoms with Crippen molar-refractivity contribution in [3.05, 3.63) is 21.9 Å². The summed E-state index contributed by atoms with van der Waals surface area (Å²) in [4.78, 5) is 4.34. The van der Waals surface area contributed by atoms with Crippen molar-refractivity contribution in [2.75, 3.05) is 5.32 Å². The number of benzene rings is 1. The molecule has 0 radical (unpaired) electrons. The highest BCUT2D eigenvalue weighted by molar-refractivity contribution is 6.42.